The molecule has 0 aliphatic rings. The predicted molar refractivity (Wildman–Crippen MR) is 63.5 cm³/mol. The van der Waals surface area contributed by atoms with Gasteiger partial charge in [0, 0.05) is 5.56 Å². The van der Waals surface area contributed by atoms with Crippen LogP contribution in [-0.4, -0.2) is 6.29 Å². The lowest BCUT2D eigenvalue weighted by molar-refractivity contribution is 0.112. The minimum absolute atomic E-state index is 0.797. The van der Waals surface area contributed by atoms with E-state index in [0.29, 0.717) is 0 Å². The van der Waals surface area contributed by atoms with Crippen molar-refractivity contribution < 1.29 is 4.79 Å². The van der Waals surface area contributed by atoms with Crippen molar-refractivity contribution in [1.82, 2.24) is 0 Å². The summed E-state index contributed by atoms with van der Waals surface area (Å²) in [4.78, 5) is 10.9. The lowest BCUT2D eigenvalue weighted by Crippen LogP contribution is -1.92. The maximum absolute atomic E-state index is 10.9. The Labute approximate surface area is 89.7 Å². The first-order chi connectivity index (χ1) is 7.15. The first kappa shape index (κ1) is 9.91. The van der Waals surface area contributed by atoms with Gasteiger partial charge in [0.15, 0.2) is 0 Å². The molecule has 0 atom stereocenters. The fourth-order valence-corrected chi connectivity index (χ4v) is 2.20. The van der Waals surface area contributed by atoms with E-state index >= 15 is 0 Å². The second kappa shape index (κ2) is 3.50. The van der Waals surface area contributed by atoms with Crippen molar-refractivity contribution >= 4 is 17.1 Å². The molecule has 0 bridgehead atoms. The Kier molecular flexibility index (Phi) is 2.31. The summed E-state index contributed by atoms with van der Waals surface area (Å²) < 4.78 is 0. The highest BCUT2D eigenvalue weighted by Crippen LogP contribution is 2.27. The number of aryl methyl sites for hydroxylation is 3. The van der Waals surface area contributed by atoms with Gasteiger partial charge in [-0.1, -0.05) is 18.2 Å². The molecule has 76 valence electrons. The maximum atomic E-state index is 10.9. The summed E-state index contributed by atoms with van der Waals surface area (Å²) in [5.74, 6) is 0. The summed E-state index contributed by atoms with van der Waals surface area (Å²) in [7, 11) is 0. The van der Waals surface area contributed by atoms with Crippen LogP contribution in [0, 0.1) is 20.8 Å². The van der Waals surface area contributed by atoms with Gasteiger partial charge >= 0.3 is 0 Å². The number of hydrogen-bond acceptors (Lipinski definition) is 1. The molecule has 0 fully saturated rings. The molecular formula is C14H14O. The summed E-state index contributed by atoms with van der Waals surface area (Å²) >= 11 is 0. The SMILES string of the molecule is Cc1c(C=O)cc(C)c2c(C)cccc12. The number of rotatable bonds is 1. The van der Waals surface area contributed by atoms with Gasteiger partial charge in [-0.2, -0.15) is 0 Å². The topological polar surface area (TPSA) is 17.1 Å². The zero-order valence-electron chi connectivity index (χ0n) is 9.29. The molecule has 0 N–H and O–H groups in total. The molecule has 1 nitrogen and oxygen atoms in total. The third-order valence-corrected chi connectivity index (χ3v) is 3.00. The van der Waals surface area contributed by atoms with Gasteiger partial charge in [0.25, 0.3) is 0 Å². The Morgan fingerprint density at radius 1 is 1.07 bits per heavy atom. The largest absolute Gasteiger partial charge is 0.298 e. The van der Waals surface area contributed by atoms with E-state index < -0.39 is 0 Å². The smallest absolute Gasteiger partial charge is 0.150 e. The number of hydrogen-bond donors (Lipinski definition) is 0. The van der Waals surface area contributed by atoms with E-state index in [1.807, 2.05) is 19.1 Å². The number of aldehydes is 1. The fraction of sp³-hybridized carbons (Fsp3) is 0.214. The minimum atomic E-state index is 0.797. The van der Waals surface area contributed by atoms with Crippen molar-refractivity contribution in [1.29, 1.82) is 0 Å². The lowest BCUT2D eigenvalue weighted by Gasteiger charge is -2.10. The number of benzene rings is 2. The van der Waals surface area contributed by atoms with Crippen LogP contribution in [0.3, 0.4) is 0 Å². The zero-order valence-corrected chi connectivity index (χ0v) is 9.29. The van der Waals surface area contributed by atoms with Crippen molar-refractivity contribution in [2.24, 2.45) is 0 Å². The van der Waals surface area contributed by atoms with Gasteiger partial charge in [0.05, 0.1) is 0 Å². The second-order valence-corrected chi connectivity index (χ2v) is 4.02. The van der Waals surface area contributed by atoms with Gasteiger partial charge in [-0.05, 0) is 54.3 Å². The normalized spacial score (nSPS) is 10.6. The first-order valence-corrected chi connectivity index (χ1v) is 5.10. The van der Waals surface area contributed by atoms with Crippen LogP contribution in [0.15, 0.2) is 24.3 Å². The van der Waals surface area contributed by atoms with Crippen LogP contribution in [0.4, 0.5) is 0 Å². The molecular weight excluding hydrogens is 184 g/mol. The van der Waals surface area contributed by atoms with Gasteiger partial charge in [-0.25, -0.2) is 0 Å². The Morgan fingerprint density at radius 2 is 1.80 bits per heavy atom. The molecule has 0 heterocycles. The Morgan fingerprint density at radius 3 is 2.47 bits per heavy atom. The Balaban J connectivity index is 2.99. The van der Waals surface area contributed by atoms with Gasteiger partial charge in [-0.15, -0.1) is 0 Å². The average molecular weight is 198 g/mol. The molecule has 0 aromatic heterocycles. The van der Waals surface area contributed by atoms with Crippen molar-refractivity contribution in [3.05, 3.63) is 46.5 Å². The molecule has 0 amide bonds. The van der Waals surface area contributed by atoms with Crippen molar-refractivity contribution in [3.63, 3.8) is 0 Å². The summed E-state index contributed by atoms with van der Waals surface area (Å²) in [6.45, 7) is 6.17. The molecule has 0 radical (unpaired) electrons. The summed E-state index contributed by atoms with van der Waals surface area (Å²) in [6, 6.07) is 8.20. The molecule has 2 rings (SSSR count). The molecule has 15 heavy (non-hydrogen) atoms. The third-order valence-electron chi connectivity index (χ3n) is 3.00. The standard InChI is InChI=1S/C14H14O/c1-9-5-4-6-13-11(3)12(8-15)7-10(2)14(9)13/h4-8H,1-3H3. The molecule has 0 aliphatic heterocycles. The van der Waals surface area contributed by atoms with Crippen LogP contribution in [0.5, 0.6) is 0 Å². The highest BCUT2D eigenvalue weighted by molar-refractivity contribution is 5.96. The molecule has 2 aromatic rings. The van der Waals surface area contributed by atoms with Gasteiger partial charge < -0.3 is 0 Å². The van der Waals surface area contributed by atoms with Crippen molar-refractivity contribution in [2.75, 3.05) is 0 Å². The number of carbonyl (C=O) groups is 1. The number of carbonyl (C=O) groups excluding carboxylic acids is 1. The van der Waals surface area contributed by atoms with E-state index in [0.717, 1.165) is 17.4 Å². The molecule has 0 spiro atoms. The van der Waals surface area contributed by atoms with Crippen LogP contribution >= 0.6 is 0 Å². The minimum Gasteiger partial charge on any atom is -0.298 e. The maximum Gasteiger partial charge on any atom is 0.150 e. The van der Waals surface area contributed by atoms with E-state index in [-0.39, 0.29) is 0 Å². The van der Waals surface area contributed by atoms with E-state index in [2.05, 4.69) is 26.0 Å². The van der Waals surface area contributed by atoms with Crippen molar-refractivity contribution in [2.45, 2.75) is 20.8 Å². The van der Waals surface area contributed by atoms with Gasteiger partial charge in [-0.3, -0.25) is 4.79 Å². The quantitative estimate of drug-likeness (QED) is 0.640. The molecule has 0 aliphatic carbocycles. The highest BCUT2D eigenvalue weighted by atomic mass is 16.1. The highest BCUT2D eigenvalue weighted by Gasteiger charge is 2.07. The Hall–Kier alpha value is -1.63. The van der Waals surface area contributed by atoms with Gasteiger partial charge in [0.2, 0.25) is 0 Å². The van der Waals surface area contributed by atoms with Crippen molar-refractivity contribution in [3.8, 4) is 0 Å². The molecule has 0 saturated heterocycles. The summed E-state index contributed by atoms with van der Waals surface area (Å²) in [5, 5.41) is 2.47. The van der Waals surface area contributed by atoms with Gasteiger partial charge in [0.1, 0.15) is 6.29 Å². The first-order valence-electron chi connectivity index (χ1n) is 5.10. The number of fused-ring (bicyclic) bond motifs is 1. The van der Waals surface area contributed by atoms with Crippen LogP contribution in [0.2, 0.25) is 0 Å². The summed E-state index contributed by atoms with van der Waals surface area (Å²) in [5.41, 5.74) is 4.32. The summed E-state index contributed by atoms with van der Waals surface area (Å²) in [6.07, 6.45) is 0.935. The predicted octanol–water partition coefficient (Wildman–Crippen LogP) is 3.58. The van der Waals surface area contributed by atoms with E-state index in [1.165, 1.54) is 21.9 Å². The van der Waals surface area contributed by atoms with Crippen LogP contribution < -0.4 is 0 Å². The van der Waals surface area contributed by atoms with Crippen LogP contribution in [-0.2, 0) is 0 Å². The molecule has 0 saturated carbocycles. The molecule has 2 aromatic carbocycles. The lowest BCUT2D eigenvalue weighted by atomic mass is 9.94. The van der Waals surface area contributed by atoms with E-state index in [1.54, 1.807) is 0 Å². The van der Waals surface area contributed by atoms with E-state index in [9.17, 15) is 4.79 Å². The molecule has 1 heteroatoms. The van der Waals surface area contributed by atoms with Crippen LogP contribution in [0.25, 0.3) is 10.8 Å². The average Bonchev–Trinajstić information content (AvgIpc) is 2.23. The fourth-order valence-electron chi connectivity index (χ4n) is 2.20. The Bertz CT molecular complexity index is 539. The monoisotopic (exact) mass is 198 g/mol. The zero-order chi connectivity index (χ0) is 11.0. The molecule has 0 unspecified atom stereocenters. The van der Waals surface area contributed by atoms with Crippen LogP contribution in [0.1, 0.15) is 27.0 Å². The third kappa shape index (κ3) is 1.44. The second-order valence-electron chi connectivity index (χ2n) is 4.02. The van der Waals surface area contributed by atoms with E-state index in [4.69, 9.17) is 0 Å².